The maximum Gasteiger partial charge on any atom is 0.403 e. The lowest BCUT2D eigenvalue weighted by Gasteiger charge is -2.12. The molecule has 0 saturated carbocycles. The molecule has 0 amide bonds. The van der Waals surface area contributed by atoms with Gasteiger partial charge in [-0.05, 0) is 11.6 Å². The van der Waals surface area contributed by atoms with Crippen LogP contribution in [0.1, 0.15) is 15.9 Å². The van der Waals surface area contributed by atoms with E-state index in [1.807, 2.05) is 4.91 Å². The number of benzene rings is 2. The standard InChI is InChI=1S/C13H9N3O7S/c14-15-16-24(21,22)23-13-8(6-9(17)11(19)12(13)20)10(18)7-4-2-1-3-5-7/h1-6,17,19-20H. The van der Waals surface area contributed by atoms with E-state index in [0.29, 0.717) is 6.07 Å². The number of hydrogen-bond donors (Lipinski definition) is 3. The van der Waals surface area contributed by atoms with Crippen LogP contribution < -0.4 is 4.18 Å². The van der Waals surface area contributed by atoms with Gasteiger partial charge in [-0.3, -0.25) is 4.79 Å². The molecule has 2 aromatic rings. The van der Waals surface area contributed by atoms with E-state index < -0.39 is 44.6 Å². The largest absolute Gasteiger partial charge is 0.504 e. The van der Waals surface area contributed by atoms with E-state index in [4.69, 9.17) is 5.53 Å². The van der Waals surface area contributed by atoms with Crippen LogP contribution in [0.5, 0.6) is 23.0 Å². The molecule has 0 aromatic heterocycles. The number of carbonyl (C=O) groups excluding carboxylic acids is 1. The summed E-state index contributed by atoms with van der Waals surface area (Å²) in [6, 6.07) is 8.20. The monoisotopic (exact) mass is 351 g/mol. The number of hydrogen-bond acceptors (Lipinski definition) is 7. The first-order valence-electron chi connectivity index (χ1n) is 6.15. The van der Waals surface area contributed by atoms with Crippen molar-refractivity contribution in [1.29, 1.82) is 0 Å². The van der Waals surface area contributed by atoms with Crippen molar-refractivity contribution in [3.63, 3.8) is 0 Å². The minimum atomic E-state index is -4.87. The van der Waals surface area contributed by atoms with Crippen molar-refractivity contribution >= 4 is 16.1 Å². The zero-order valence-electron chi connectivity index (χ0n) is 11.7. The maximum atomic E-state index is 12.4. The summed E-state index contributed by atoms with van der Waals surface area (Å²) in [4.78, 5) is 14.5. The Morgan fingerprint density at radius 3 is 2.33 bits per heavy atom. The fraction of sp³-hybridized carbons (Fsp3) is 0. The van der Waals surface area contributed by atoms with Gasteiger partial charge in [0.25, 0.3) is 0 Å². The van der Waals surface area contributed by atoms with Gasteiger partial charge in [-0.2, -0.15) is 8.42 Å². The van der Waals surface area contributed by atoms with Crippen LogP contribution in [0.15, 0.2) is 40.9 Å². The summed E-state index contributed by atoms with van der Waals surface area (Å²) in [6.45, 7) is 0. The fourth-order valence-electron chi connectivity index (χ4n) is 1.79. The molecular formula is C13H9N3O7S. The summed E-state index contributed by atoms with van der Waals surface area (Å²) in [5.41, 5.74) is 7.71. The third-order valence-electron chi connectivity index (χ3n) is 2.81. The highest BCUT2D eigenvalue weighted by Gasteiger charge is 2.27. The third-order valence-corrected chi connectivity index (χ3v) is 3.46. The van der Waals surface area contributed by atoms with E-state index in [9.17, 15) is 28.5 Å². The summed E-state index contributed by atoms with van der Waals surface area (Å²) in [7, 11) is -4.87. The molecule has 124 valence electrons. The van der Waals surface area contributed by atoms with E-state index in [-0.39, 0.29) is 5.56 Å². The maximum absolute atomic E-state index is 12.4. The summed E-state index contributed by atoms with van der Waals surface area (Å²) in [5.74, 6) is -4.98. The number of phenols is 3. The van der Waals surface area contributed by atoms with Crippen LogP contribution >= 0.6 is 0 Å². The Kier molecular flexibility index (Phi) is 4.49. The molecule has 11 heteroatoms. The Bertz CT molecular complexity index is 951. The van der Waals surface area contributed by atoms with Crippen molar-refractivity contribution < 1.29 is 32.7 Å². The van der Waals surface area contributed by atoms with Crippen LogP contribution in [0.2, 0.25) is 0 Å². The lowest BCUT2D eigenvalue weighted by molar-refractivity contribution is 0.103. The van der Waals surface area contributed by atoms with Gasteiger partial charge in [0.15, 0.2) is 17.3 Å². The second-order valence-corrected chi connectivity index (χ2v) is 5.53. The smallest absolute Gasteiger partial charge is 0.403 e. The van der Waals surface area contributed by atoms with E-state index in [1.165, 1.54) is 24.3 Å². The molecule has 24 heavy (non-hydrogen) atoms. The molecule has 2 aromatic carbocycles. The number of nitrogens with zero attached hydrogens (tertiary/aromatic N) is 3. The minimum absolute atomic E-state index is 0.0908. The van der Waals surface area contributed by atoms with E-state index in [2.05, 4.69) is 8.70 Å². The summed E-state index contributed by atoms with van der Waals surface area (Å²) in [6.07, 6.45) is 0. The van der Waals surface area contributed by atoms with Gasteiger partial charge < -0.3 is 19.5 Å². The van der Waals surface area contributed by atoms with Gasteiger partial charge in [-0.15, -0.1) is 0 Å². The normalized spacial score (nSPS) is 10.7. The van der Waals surface area contributed by atoms with Crippen LogP contribution in [-0.4, -0.2) is 29.5 Å². The molecule has 0 aliphatic carbocycles. The molecule has 0 radical (unpaired) electrons. The van der Waals surface area contributed by atoms with Gasteiger partial charge in [-0.25, -0.2) is 0 Å². The van der Waals surface area contributed by atoms with Crippen molar-refractivity contribution in [2.45, 2.75) is 0 Å². The highest BCUT2D eigenvalue weighted by molar-refractivity contribution is 7.85. The predicted molar refractivity (Wildman–Crippen MR) is 80.0 cm³/mol. The molecule has 0 unspecified atom stereocenters. The Labute approximate surface area is 135 Å². The molecule has 0 spiro atoms. The summed E-state index contributed by atoms with van der Waals surface area (Å²) in [5, 5.41) is 28.9. The first-order valence-corrected chi connectivity index (χ1v) is 7.51. The molecule has 0 fully saturated rings. The quantitative estimate of drug-likeness (QED) is 0.243. The van der Waals surface area contributed by atoms with Crippen LogP contribution in [0, 0.1) is 0 Å². The number of azide groups is 1. The summed E-state index contributed by atoms with van der Waals surface area (Å²) >= 11 is 0. The number of ketones is 1. The Balaban J connectivity index is 2.67. The van der Waals surface area contributed by atoms with E-state index >= 15 is 0 Å². The van der Waals surface area contributed by atoms with Crippen molar-refractivity contribution in [3.8, 4) is 23.0 Å². The van der Waals surface area contributed by atoms with Crippen molar-refractivity contribution in [1.82, 2.24) is 0 Å². The van der Waals surface area contributed by atoms with Gasteiger partial charge in [0, 0.05) is 10.5 Å². The first kappa shape index (κ1) is 16.9. The van der Waals surface area contributed by atoms with Gasteiger partial charge in [-0.1, -0.05) is 30.3 Å². The number of rotatable bonds is 5. The van der Waals surface area contributed by atoms with Crippen LogP contribution in [0.3, 0.4) is 0 Å². The molecule has 10 nitrogen and oxygen atoms in total. The Morgan fingerprint density at radius 1 is 1.12 bits per heavy atom. The molecule has 0 bridgehead atoms. The minimum Gasteiger partial charge on any atom is -0.504 e. The lowest BCUT2D eigenvalue weighted by atomic mass is 10.0. The van der Waals surface area contributed by atoms with Gasteiger partial charge >= 0.3 is 10.3 Å². The van der Waals surface area contributed by atoms with Crippen LogP contribution in [-0.2, 0) is 10.3 Å². The third kappa shape index (κ3) is 3.32. The zero-order valence-corrected chi connectivity index (χ0v) is 12.5. The SMILES string of the molecule is [N-]=[N+]=NS(=O)(=O)Oc1c(C(=O)c2ccccc2)cc(O)c(O)c1O. The second-order valence-electron chi connectivity index (χ2n) is 4.35. The van der Waals surface area contributed by atoms with E-state index in [0.717, 1.165) is 0 Å². The predicted octanol–water partition coefficient (Wildman–Crippen LogP) is 1.97. The van der Waals surface area contributed by atoms with Crippen LogP contribution in [0.25, 0.3) is 10.4 Å². The second kappa shape index (κ2) is 6.36. The molecule has 0 saturated heterocycles. The number of phenolic OH excluding ortho intramolecular Hbond substituents is 3. The first-order chi connectivity index (χ1) is 11.3. The molecule has 0 heterocycles. The van der Waals surface area contributed by atoms with Crippen LogP contribution in [0.4, 0.5) is 0 Å². The van der Waals surface area contributed by atoms with Crippen molar-refractivity contribution in [2.75, 3.05) is 0 Å². The van der Waals surface area contributed by atoms with Crippen molar-refractivity contribution in [3.05, 3.63) is 58.0 Å². The number of carbonyl (C=O) groups is 1. The highest BCUT2D eigenvalue weighted by atomic mass is 32.2. The number of aromatic hydroxyl groups is 3. The topological polar surface area (TPSA) is 170 Å². The Morgan fingerprint density at radius 2 is 1.75 bits per heavy atom. The Hall–Kier alpha value is -3.43. The van der Waals surface area contributed by atoms with Gasteiger partial charge in [0.1, 0.15) is 0 Å². The van der Waals surface area contributed by atoms with Gasteiger partial charge in [0.05, 0.1) is 10.1 Å². The zero-order chi connectivity index (χ0) is 17.9. The molecule has 0 aliphatic heterocycles. The fourth-order valence-corrected chi connectivity index (χ4v) is 2.29. The molecule has 0 atom stereocenters. The average Bonchev–Trinajstić information content (AvgIpc) is 2.55. The lowest BCUT2D eigenvalue weighted by Crippen LogP contribution is -2.10. The van der Waals surface area contributed by atoms with Gasteiger partial charge in [0.2, 0.25) is 11.5 Å². The highest BCUT2D eigenvalue weighted by Crippen LogP contribution is 2.45. The molecular weight excluding hydrogens is 342 g/mol. The molecule has 3 N–H and O–H groups in total. The molecule has 0 aliphatic rings. The summed E-state index contributed by atoms with van der Waals surface area (Å²) < 4.78 is 29.7. The average molecular weight is 351 g/mol. The van der Waals surface area contributed by atoms with Crippen molar-refractivity contribution in [2.24, 2.45) is 4.52 Å². The molecule has 2 rings (SSSR count). The van der Waals surface area contributed by atoms with E-state index in [1.54, 1.807) is 6.07 Å².